The Bertz CT molecular complexity index is 264. The molecule has 0 bridgehead atoms. The van der Waals surface area contributed by atoms with E-state index in [4.69, 9.17) is 0 Å². The molecule has 0 aromatic heterocycles. The Labute approximate surface area is 73.0 Å². The number of thioether (sulfide) groups is 1. The third-order valence-corrected chi connectivity index (χ3v) is 2.75. The highest BCUT2D eigenvalue weighted by molar-refractivity contribution is 7.98. The maximum Gasteiger partial charge on any atom is 0.0104 e. The van der Waals surface area contributed by atoms with Gasteiger partial charge < -0.3 is 0 Å². The van der Waals surface area contributed by atoms with Gasteiger partial charge in [0.25, 0.3) is 0 Å². The fourth-order valence-electron chi connectivity index (χ4n) is 1.13. The molecule has 1 radical (unpaired) electrons. The molecule has 0 saturated carbocycles. The zero-order valence-corrected chi connectivity index (χ0v) is 8.30. The van der Waals surface area contributed by atoms with Gasteiger partial charge in [-0.3, -0.25) is 0 Å². The molecular formula is C10H13S. The molecule has 0 aliphatic carbocycles. The first-order valence-electron chi connectivity index (χ1n) is 3.69. The van der Waals surface area contributed by atoms with Gasteiger partial charge in [0, 0.05) is 4.90 Å². The van der Waals surface area contributed by atoms with E-state index in [2.05, 4.69) is 39.2 Å². The fourth-order valence-corrected chi connectivity index (χ4v) is 1.88. The second-order valence-electron chi connectivity index (χ2n) is 2.77. The second kappa shape index (κ2) is 3.31. The van der Waals surface area contributed by atoms with Crippen molar-refractivity contribution in [2.75, 3.05) is 6.26 Å². The van der Waals surface area contributed by atoms with E-state index in [9.17, 15) is 0 Å². The molecule has 1 heteroatoms. The summed E-state index contributed by atoms with van der Waals surface area (Å²) < 4.78 is 0. The molecule has 1 rings (SSSR count). The average molecular weight is 165 g/mol. The predicted octanol–water partition coefficient (Wildman–Crippen LogP) is 3.13. The van der Waals surface area contributed by atoms with Gasteiger partial charge in [-0.15, -0.1) is 11.8 Å². The Balaban J connectivity index is 3.24. The summed E-state index contributed by atoms with van der Waals surface area (Å²) in [6.45, 7) is 6.35. The quantitative estimate of drug-likeness (QED) is 0.576. The molecule has 0 atom stereocenters. The minimum atomic E-state index is 1.23. The van der Waals surface area contributed by atoms with Crippen LogP contribution in [0.1, 0.15) is 16.7 Å². The summed E-state index contributed by atoms with van der Waals surface area (Å²) in [4.78, 5) is 1.37. The Hall–Kier alpha value is -0.430. The largest absolute Gasteiger partial charge is 0.129 e. The van der Waals surface area contributed by atoms with Crippen LogP contribution in [0, 0.1) is 26.8 Å². The molecule has 0 fully saturated rings. The van der Waals surface area contributed by atoms with E-state index in [1.807, 2.05) is 0 Å². The van der Waals surface area contributed by atoms with Crippen LogP contribution in [0.15, 0.2) is 11.0 Å². The first kappa shape index (κ1) is 8.66. The molecule has 59 valence electrons. The van der Waals surface area contributed by atoms with Gasteiger partial charge >= 0.3 is 0 Å². The molecule has 0 aliphatic rings. The van der Waals surface area contributed by atoms with E-state index < -0.39 is 0 Å². The van der Waals surface area contributed by atoms with Gasteiger partial charge in [-0.25, -0.2) is 0 Å². The zero-order chi connectivity index (χ0) is 8.43. The van der Waals surface area contributed by atoms with Crippen molar-refractivity contribution >= 4 is 11.8 Å². The first-order valence-corrected chi connectivity index (χ1v) is 4.91. The summed E-state index contributed by atoms with van der Waals surface area (Å²) in [5.74, 6) is 0. The van der Waals surface area contributed by atoms with Crippen molar-refractivity contribution in [2.24, 2.45) is 0 Å². The normalized spacial score (nSPS) is 10.2. The minimum absolute atomic E-state index is 1.23. The molecule has 0 spiro atoms. The van der Waals surface area contributed by atoms with Crippen LogP contribution in [0.5, 0.6) is 0 Å². The van der Waals surface area contributed by atoms with Crippen LogP contribution in [-0.2, 0) is 0 Å². The highest BCUT2D eigenvalue weighted by Crippen LogP contribution is 2.23. The SMILES string of the molecule is CSc1cc(C)[c]c(C)c1C. The molecule has 1 aromatic rings. The molecule has 0 N–H and O–H groups in total. The van der Waals surface area contributed by atoms with Gasteiger partial charge in [0.15, 0.2) is 0 Å². The molecule has 0 nitrogen and oxygen atoms in total. The third kappa shape index (κ3) is 1.78. The van der Waals surface area contributed by atoms with Crippen molar-refractivity contribution in [3.05, 3.63) is 28.8 Å². The molecule has 1 aromatic carbocycles. The van der Waals surface area contributed by atoms with Crippen LogP contribution in [0.25, 0.3) is 0 Å². The molecule has 0 saturated heterocycles. The highest BCUT2D eigenvalue weighted by Gasteiger charge is 2.00. The first-order chi connectivity index (χ1) is 5.15. The van der Waals surface area contributed by atoms with Crippen LogP contribution in [0.2, 0.25) is 0 Å². The average Bonchev–Trinajstić information content (AvgIpc) is 1.96. The van der Waals surface area contributed by atoms with Crippen molar-refractivity contribution < 1.29 is 0 Å². The summed E-state index contributed by atoms with van der Waals surface area (Å²) in [5.41, 5.74) is 3.87. The maximum absolute atomic E-state index is 3.30. The smallest absolute Gasteiger partial charge is 0.0104 e. The summed E-state index contributed by atoms with van der Waals surface area (Å²) in [6.07, 6.45) is 2.11. The predicted molar refractivity (Wildman–Crippen MR) is 51.3 cm³/mol. The van der Waals surface area contributed by atoms with Gasteiger partial charge in [-0.1, -0.05) is 0 Å². The van der Waals surface area contributed by atoms with Crippen LogP contribution in [0.4, 0.5) is 0 Å². The lowest BCUT2D eigenvalue weighted by Gasteiger charge is -2.06. The number of hydrogen-bond acceptors (Lipinski definition) is 1. The number of benzene rings is 1. The number of aryl methyl sites for hydroxylation is 2. The Morgan fingerprint density at radius 3 is 2.45 bits per heavy atom. The van der Waals surface area contributed by atoms with E-state index >= 15 is 0 Å². The van der Waals surface area contributed by atoms with E-state index in [1.54, 1.807) is 11.8 Å². The van der Waals surface area contributed by atoms with Gasteiger partial charge in [-0.2, -0.15) is 0 Å². The highest BCUT2D eigenvalue weighted by atomic mass is 32.2. The lowest BCUT2D eigenvalue weighted by Crippen LogP contribution is -1.86. The summed E-state index contributed by atoms with van der Waals surface area (Å²) in [5, 5.41) is 0. The lowest BCUT2D eigenvalue weighted by molar-refractivity contribution is 1.19. The fraction of sp³-hybridized carbons (Fsp3) is 0.400. The van der Waals surface area contributed by atoms with Gasteiger partial charge in [0.05, 0.1) is 0 Å². The number of rotatable bonds is 1. The van der Waals surface area contributed by atoms with Crippen molar-refractivity contribution in [2.45, 2.75) is 25.7 Å². The van der Waals surface area contributed by atoms with Crippen LogP contribution in [-0.4, -0.2) is 6.26 Å². The summed E-state index contributed by atoms with van der Waals surface area (Å²) in [7, 11) is 0. The van der Waals surface area contributed by atoms with Crippen LogP contribution >= 0.6 is 11.8 Å². The van der Waals surface area contributed by atoms with Crippen LogP contribution in [0.3, 0.4) is 0 Å². The Morgan fingerprint density at radius 1 is 1.27 bits per heavy atom. The standard InChI is InChI=1S/C10H13S/c1-7-5-8(2)9(3)10(6-7)11-4/h6H,1-4H3. The lowest BCUT2D eigenvalue weighted by atomic mass is 10.1. The Kier molecular flexibility index (Phi) is 2.61. The van der Waals surface area contributed by atoms with Crippen molar-refractivity contribution in [3.63, 3.8) is 0 Å². The number of hydrogen-bond donors (Lipinski definition) is 0. The van der Waals surface area contributed by atoms with Gasteiger partial charge in [0.2, 0.25) is 0 Å². The molecule has 11 heavy (non-hydrogen) atoms. The zero-order valence-electron chi connectivity index (χ0n) is 7.49. The monoisotopic (exact) mass is 165 g/mol. The summed E-state index contributed by atoms with van der Waals surface area (Å²) in [6, 6.07) is 5.49. The molecule has 0 aliphatic heterocycles. The molecule has 0 unspecified atom stereocenters. The van der Waals surface area contributed by atoms with E-state index in [-0.39, 0.29) is 0 Å². The third-order valence-electron chi connectivity index (χ3n) is 1.88. The van der Waals surface area contributed by atoms with E-state index in [0.717, 1.165) is 0 Å². The van der Waals surface area contributed by atoms with Crippen LogP contribution < -0.4 is 0 Å². The molecule has 0 amide bonds. The minimum Gasteiger partial charge on any atom is -0.129 e. The van der Waals surface area contributed by atoms with E-state index in [1.165, 1.54) is 21.6 Å². The topological polar surface area (TPSA) is 0 Å². The van der Waals surface area contributed by atoms with Crippen molar-refractivity contribution in [1.29, 1.82) is 0 Å². The van der Waals surface area contributed by atoms with Gasteiger partial charge in [-0.05, 0) is 55.9 Å². The Morgan fingerprint density at radius 2 is 1.91 bits per heavy atom. The molecular weight excluding hydrogens is 152 g/mol. The van der Waals surface area contributed by atoms with E-state index in [0.29, 0.717) is 0 Å². The summed E-state index contributed by atoms with van der Waals surface area (Å²) >= 11 is 1.80. The second-order valence-corrected chi connectivity index (χ2v) is 3.62. The van der Waals surface area contributed by atoms with Gasteiger partial charge in [0.1, 0.15) is 0 Å². The van der Waals surface area contributed by atoms with Crippen molar-refractivity contribution in [1.82, 2.24) is 0 Å². The molecule has 0 heterocycles. The van der Waals surface area contributed by atoms with Crippen molar-refractivity contribution in [3.8, 4) is 0 Å². The maximum atomic E-state index is 3.30.